The summed E-state index contributed by atoms with van der Waals surface area (Å²) in [5.74, 6) is -0.499. The highest BCUT2D eigenvalue weighted by molar-refractivity contribution is 7.17. The number of aromatic amines is 1. The minimum absolute atomic E-state index is 0.175. The largest absolute Gasteiger partial charge is 0.377 e. The number of halogens is 1. The van der Waals surface area contributed by atoms with Gasteiger partial charge in [0.1, 0.15) is 4.88 Å². The third kappa shape index (κ3) is 4.43. The van der Waals surface area contributed by atoms with Crippen molar-refractivity contribution in [2.24, 2.45) is 0 Å². The number of hydrogen-bond donors (Lipinski definition) is 3. The molecule has 28 heavy (non-hydrogen) atoms. The second-order valence-corrected chi connectivity index (χ2v) is 7.60. The number of piperidine rings is 1. The molecule has 10 nitrogen and oxygen atoms in total. The van der Waals surface area contributed by atoms with E-state index in [0.29, 0.717) is 35.2 Å². The number of methoxy groups -OCH3 is 1. The van der Waals surface area contributed by atoms with Crippen LogP contribution in [-0.2, 0) is 9.57 Å². The number of imidazole rings is 1. The van der Waals surface area contributed by atoms with Crippen LogP contribution in [0.2, 0.25) is 5.15 Å². The highest BCUT2D eigenvalue weighted by Crippen LogP contribution is 2.26. The van der Waals surface area contributed by atoms with Crippen LogP contribution in [0.1, 0.15) is 32.4 Å². The van der Waals surface area contributed by atoms with Gasteiger partial charge in [0.2, 0.25) is 0 Å². The molecule has 1 unspecified atom stereocenters. The Bertz CT molecular complexity index is 837. The molecule has 0 aromatic carbocycles. The van der Waals surface area contributed by atoms with Crippen LogP contribution in [0.3, 0.4) is 0 Å². The van der Waals surface area contributed by atoms with Crippen molar-refractivity contribution in [2.75, 3.05) is 32.2 Å². The number of aromatic nitrogens is 3. The summed E-state index contributed by atoms with van der Waals surface area (Å²) in [5, 5.41) is 3.94. The average molecular weight is 429 g/mol. The lowest BCUT2D eigenvalue weighted by Crippen LogP contribution is -2.55. The van der Waals surface area contributed by atoms with Gasteiger partial charge in [-0.2, -0.15) is 0 Å². The maximum Gasteiger partial charge on any atom is 0.287 e. The van der Waals surface area contributed by atoms with E-state index in [9.17, 15) is 9.59 Å². The summed E-state index contributed by atoms with van der Waals surface area (Å²) in [4.78, 5) is 42.6. The Hall–Kier alpha value is -2.21. The van der Waals surface area contributed by atoms with E-state index in [2.05, 4.69) is 30.6 Å². The number of amides is 2. The summed E-state index contributed by atoms with van der Waals surface area (Å²) in [6, 6.07) is -0.186. The minimum Gasteiger partial charge on any atom is -0.377 e. The second-order valence-electron chi connectivity index (χ2n) is 6.23. The number of carbonyl (C=O) groups is 2. The van der Waals surface area contributed by atoms with E-state index in [1.165, 1.54) is 24.6 Å². The van der Waals surface area contributed by atoms with Gasteiger partial charge >= 0.3 is 0 Å². The highest BCUT2D eigenvalue weighted by atomic mass is 35.5. The SMILES string of the molecule is CONC(=O)c1cnc(N2CCC(NC(=O)c3nc(Cl)c(C)[nH]3)[C@@H](OC)C2)s1. The summed E-state index contributed by atoms with van der Waals surface area (Å²) < 4.78 is 5.58. The molecular formula is C16H21ClN6O4S. The maximum absolute atomic E-state index is 12.4. The Morgan fingerprint density at radius 1 is 1.39 bits per heavy atom. The number of hydrogen-bond acceptors (Lipinski definition) is 8. The molecule has 1 saturated heterocycles. The number of nitrogens with one attached hydrogen (secondary N) is 3. The third-order valence-corrected chi connectivity index (χ3v) is 5.83. The van der Waals surface area contributed by atoms with Crippen molar-refractivity contribution in [2.45, 2.75) is 25.5 Å². The summed E-state index contributed by atoms with van der Waals surface area (Å²) in [6.07, 6.45) is 1.91. The molecule has 2 amide bonds. The normalized spacial score (nSPS) is 19.5. The molecule has 0 radical (unpaired) electrons. The van der Waals surface area contributed by atoms with E-state index >= 15 is 0 Å². The van der Waals surface area contributed by atoms with Crippen LogP contribution < -0.4 is 15.7 Å². The van der Waals surface area contributed by atoms with Crippen LogP contribution in [-0.4, -0.2) is 66.2 Å². The van der Waals surface area contributed by atoms with Crippen molar-refractivity contribution in [1.82, 2.24) is 25.7 Å². The summed E-state index contributed by atoms with van der Waals surface area (Å²) in [6.45, 7) is 2.93. The zero-order chi connectivity index (χ0) is 20.3. The van der Waals surface area contributed by atoms with Gasteiger partial charge in [-0.3, -0.25) is 14.4 Å². The topological polar surface area (TPSA) is 121 Å². The summed E-state index contributed by atoms with van der Waals surface area (Å²) in [7, 11) is 2.97. The van der Waals surface area contributed by atoms with Crippen molar-refractivity contribution in [3.05, 3.63) is 27.7 Å². The second kappa shape index (κ2) is 8.86. The number of anilines is 1. The third-order valence-electron chi connectivity index (χ3n) is 4.40. The molecule has 0 bridgehead atoms. The van der Waals surface area contributed by atoms with Crippen molar-refractivity contribution in [3.63, 3.8) is 0 Å². The van der Waals surface area contributed by atoms with Crippen LogP contribution >= 0.6 is 22.9 Å². The van der Waals surface area contributed by atoms with E-state index in [4.69, 9.17) is 16.3 Å². The molecule has 152 valence electrons. The van der Waals surface area contributed by atoms with E-state index in [1.54, 1.807) is 14.0 Å². The first kappa shape index (κ1) is 20.5. The number of aryl methyl sites for hydroxylation is 1. The smallest absolute Gasteiger partial charge is 0.287 e. The first-order valence-corrected chi connectivity index (χ1v) is 9.72. The van der Waals surface area contributed by atoms with Crippen molar-refractivity contribution < 1.29 is 19.2 Å². The molecule has 3 N–H and O–H groups in total. The molecule has 2 atom stereocenters. The Balaban J connectivity index is 1.63. The zero-order valence-electron chi connectivity index (χ0n) is 15.6. The van der Waals surface area contributed by atoms with Crippen LogP contribution in [0.5, 0.6) is 0 Å². The van der Waals surface area contributed by atoms with Crippen LogP contribution in [0, 0.1) is 6.92 Å². The van der Waals surface area contributed by atoms with Crippen LogP contribution in [0.15, 0.2) is 6.20 Å². The van der Waals surface area contributed by atoms with Crippen molar-refractivity contribution in [1.29, 1.82) is 0 Å². The van der Waals surface area contributed by atoms with Gasteiger partial charge in [-0.1, -0.05) is 22.9 Å². The molecule has 0 saturated carbocycles. The Morgan fingerprint density at radius 3 is 2.82 bits per heavy atom. The standard InChI is InChI=1S/C16H21ClN6O4S/c1-8-12(17)21-13(19-8)15(25)20-9-4-5-23(7-10(9)26-2)16-18-6-11(28-16)14(24)22-27-3/h6,9-10H,4-5,7H2,1-3H3,(H,19,21)(H,20,25)(H,22,24)/t9?,10-/m0/s1. The van der Waals surface area contributed by atoms with Gasteiger partial charge in [-0.25, -0.2) is 15.4 Å². The quantitative estimate of drug-likeness (QED) is 0.590. The molecule has 2 aromatic heterocycles. The summed E-state index contributed by atoms with van der Waals surface area (Å²) in [5.41, 5.74) is 2.91. The molecule has 0 spiro atoms. The van der Waals surface area contributed by atoms with Gasteiger partial charge in [0.25, 0.3) is 11.8 Å². The fourth-order valence-corrected chi connectivity index (χ4v) is 3.91. The van der Waals surface area contributed by atoms with Crippen molar-refractivity contribution >= 4 is 39.9 Å². The van der Waals surface area contributed by atoms with Gasteiger partial charge in [0, 0.05) is 20.2 Å². The molecule has 3 rings (SSSR count). The fraction of sp³-hybridized carbons (Fsp3) is 0.500. The lowest BCUT2D eigenvalue weighted by Gasteiger charge is -2.37. The molecule has 0 aliphatic carbocycles. The van der Waals surface area contributed by atoms with Crippen LogP contribution in [0.25, 0.3) is 0 Å². The first-order valence-electron chi connectivity index (χ1n) is 8.52. The Morgan fingerprint density at radius 2 is 2.18 bits per heavy atom. The number of carbonyl (C=O) groups excluding carboxylic acids is 2. The van der Waals surface area contributed by atoms with E-state index in [0.717, 1.165) is 0 Å². The number of rotatable bonds is 6. The summed E-state index contributed by atoms with van der Waals surface area (Å²) >= 11 is 7.17. The lowest BCUT2D eigenvalue weighted by molar-refractivity contribution is 0.0537. The van der Waals surface area contributed by atoms with E-state index in [-0.39, 0.29) is 34.9 Å². The molecule has 1 aliphatic heterocycles. The maximum atomic E-state index is 12.4. The van der Waals surface area contributed by atoms with Crippen LogP contribution in [0.4, 0.5) is 5.13 Å². The van der Waals surface area contributed by atoms with Gasteiger partial charge in [0.05, 0.1) is 31.1 Å². The monoisotopic (exact) mass is 428 g/mol. The predicted octanol–water partition coefficient (Wildman–Crippen LogP) is 1.14. The minimum atomic E-state index is -0.343. The molecule has 1 fully saturated rings. The molecule has 12 heteroatoms. The van der Waals surface area contributed by atoms with Gasteiger partial charge in [-0.15, -0.1) is 0 Å². The molecule has 3 heterocycles. The molecule has 1 aliphatic rings. The number of H-pyrrole nitrogens is 1. The van der Waals surface area contributed by atoms with Gasteiger partial charge < -0.3 is 19.9 Å². The Kier molecular flexibility index (Phi) is 6.50. The van der Waals surface area contributed by atoms with Gasteiger partial charge in [0.15, 0.2) is 16.1 Å². The number of nitrogens with zero attached hydrogens (tertiary/aromatic N) is 3. The van der Waals surface area contributed by atoms with Gasteiger partial charge in [-0.05, 0) is 13.3 Å². The zero-order valence-corrected chi connectivity index (χ0v) is 17.2. The lowest BCUT2D eigenvalue weighted by atomic mass is 10.0. The highest BCUT2D eigenvalue weighted by Gasteiger charge is 2.32. The fourth-order valence-electron chi connectivity index (χ4n) is 2.94. The average Bonchev–Trinajstić information content (AvgIpc) is 3.30. The number of hydroxylamine groups is 1. The van der Waals surface area contributed by atoms with E-state index < -0.39 is 0 Å². The Labute approximate surface area is 170 Å². The van der Waals surface area contributed by atoms with Crippen molar-refractivity contribution in [3.8, 4) is 0 Å². The first-order chi connectivity index (χ1) is 13.4. The predicted molar refractivity (Wildman–Crippen MR) is 104 cm³/mol. The number of thiazole rings is 1. The number of ether oxygens (including phenoxy) is 1. The molecule has 2 aromatic rings. The molecular weight excluding hydrogens is 408 g/mol. The van der Waals surface area contributed by atoms with E-state index in [1.807, 2.05) is 4.90 Å².